The van der Waals surface area contributed by atoms with Gasteiger partial charge in [-0.05, 0) is 30.7 Å². The van der Waals surface area contributed by atoms with Crippen LogP contribution in [0.4, 0.5) is 5.69 Å². The molecule has 2 aromatic carbocycles. The highest BCUT2D eigenvalue weighted by Gasteiger charge is 2.24. The Morgan fingerprint density at radius 2 is 1.91 bits per heavy atom. The molecule has 3 aromatic rings. The molecule has 186 valence electrons. The Balaban J connectivity index is 1.53. The third-order valence-electron chi connectivity index (χ3n) is 5.21. The van der Waals surface area contributed by atoms with Crippen LogP contribution in [0.25, 0.3) is 16.3 Å². The molecule has 0 aliphatic carbocycles. The first-order valence-corrected chi connectivity index (χ1v) is 14.9. The molecule has 1 aromatic heterocycles. The third-order valence-corrected chi connectivity index (χ3v) is 8.87. The monoisotopic (exact) mass is 551 g/mol. The summed E-state index contributed by atoms with van der Waals surface area (Å²) in [5.74, 6) is 0.237. The summed E-state index contributed by atoms with van der Waals surface area (Å²) in [5.41, 5.74) is 2.15. The number of anilines is 1. The van der Waals surface area contributed by atoms with Gasteiger partial charge in [0.2, 0.25) is 5.52 Å². The smallest absolute Gasteiger partial charge is 0.262 e. The maximum absolute atomic E-state index is 11.1. The fourth-order valence-corrected chi connectivity index (χ4v) is 6.80. The molecule has 0 fully saturated rings. The highest BCUT2D eigenvalue weighted by Crippen LogP contribution is 2.45. The van der Waals surface area contributed by atoms with E-state index < -0.39 is 10.1 Å². The number of fused-ring (bicyclic) bond motifs is 2. The van der Waals surface area contributed by atoms with Crippen LogP contribution in [0.1, 0.15) is 17.8 Å². The largest absolute Gasteiger partial charge is 0.748 e. The molecular weight excluding hydrogens is 529 g/mol. The molecule has 1 aliphatic rings. The topological polar surface area (TPSA) is 106 Å². The second kappa shape index (κ2) is 12.4. The predicted molar refractivity (Wildman–Crippen MR) is 137 cm³/mol. The van der Waals surface area contributed by atoms with Crippen molar-refractivity contribution in [3.8, 4) is 0 Å². The first kappa shape index (κ1) is 26.2. The molecule has 1 aliphatic heterocycles. The van der Waals surface area contributed by atoms with Crippen molar-refractivity contribution in [2.75, 3.05) is 23.0 Å². The van der Waals surface area contributed by atoms with Gasteiger partial charge < -0.3 is 14.7 Å². The van der Waals surface area contributed by atoms with Gasteiger partial charge in [0, 0.05) is 53.6 Å². The van der Waals surface area contributed by atoms with Crippen molar-refractivity contribution in [1.82, 2.24) is 0 Å². The van der Waals surface area contributed by atoms with Crippen LogP contribution < -0.4 is 14.7 Å². The van der Waals surface area contributed by atoms with Crippen molar-refractivity contribution in [1.29, 1.82) is 0 Å². The number of thiazole rings is 1. The van der Waals surface area contributed by atoms with Crippen molar-refractivity contribution in [3.63, 3.8) is 0 Å². The fourth-order valence-electron chi connectivity index (χ4n) is 3.76. The second-order valence-electron chi connectivity index (χ2n) is 7.57. The maximum atomic E-state index is 11.1. The zero-order valence-electron chi connectivity index (χ0n) is 18.6. The van der Waals surface area contributed by atoms with E-state index in [9.17, 15) is 18.2 Å². The molecule has 0 saturated heterocycles. The number of allylic oxidation sites excluding steroid dienone is 2. The molecule has 12 heteroatoms. The summed E-state index contributed by atoms with van der Waals surface area (Å²) in [4.78, 5) is 3.15. The standard InChI is InChI=1S/C23H24N2O6S4/c26-30-31-32-16-6-14-24-18-8-1-3-10-20(18)33-22(24)12-5-13-23-25(15-7-17-35(27,28)29)19-9-2-4-11-21(19)34-23/h1-5,8-13H,6-7,14-17H2,(H-,26,27,28,29)/p-1. The van der Waals surface area contributed by atoms with Gasteiger partial charge in [0.05, 0.1) is 20.8 Å². The lowest BCUT2D eigenvalue weighted by atomic mass is 10.3. The van der Waals surface area contributed by atoms with E-state index in [1.807, 2.05) is 48.6 Å². The number of hydrogen-bond donors (Lipinski definition) is 0. The third kappa shape index (κ3) is 7.08. The predicted octanol–water partition coefficient (Wildman–Crippen LogP) is 3.85. The maximum Gasteiger partial charge on any atom is 0.262 e. The highest BCUT2D eigenvalue weighted by molar-refractivity contribution is 8.03. The molecule has 0 atom stereocenters. The Morgan fingerprint density at radius 1 is 1.11 bits per heavy atom. The van der Waals surface area contributed by atoms with Gasteiger partial charge in [-0.15, -0.1) is 0 Å². The average molecular weight is 552 g/mol. The highest BCUT2D eigenvalue weighted by atomic mass is 32.2. The van der Waals surface area contributed by atoms with Gasteiger partial charge in [-0.3, -0.25) is 5.04 Å². The quantitative estimate of drug-likeness (QED) is 0.0829. The Bertz CT molecular complexity index is 1320. The van der Waals surface area contributed by atoms with E-state index in [1.54, 1.807) is 23.1 Å². The number of aromatic nitrogens is 1. The number of benzene rings is 2. The van der Waals surface area contributed by atoms with Crippen LogP contribution in [-0.2, 0) is 26.0 Å². The van der Waals surface area contributed by atoms with E-state index in [2.05, 4.69) is 37.0 Å². The van der Waals surface area contributed by atoms with Crippen LogP contribution in [0.5, 0.6) is 0 Å². The zero-order chi connectivity index (χ0) is 24.7. The molecule has 0 amide bonds. The number of aryl methyl sites for hydroxylation is 1. The Labute approximate surface area is 216 Å². The first-order chi connectivity index (χ1) is 17.0. The minimum Gasteiger partial charge on any atom is -0.748 e. The van der Waals surface area contributed by atoms with Crippen LogP contribution in [-0.4, -0.2) is 31.0 Å². The first-order valence-electron chi connectivity index (χ1n) is 10.8. The van der Waals surface area contributed by atoms with Crippen molar-refractivity contribution in [2.24, 2.45) is 0 Å². The summed E-state index contributed by atoms with van der Waals surface area (Å²) in [5, 5.41) is 15.4. The molecule has 4 rings (SSSR count). The summed E-state index contributed by atoms with van der Waals surface area (Å²) < 4.78 is 40.9. The van der Waals surface area contributed by atoms with E-state index in [0.29, 0.717) is 12.3 Å². The van der Waals surface area contributed by atoms with Crippen LogP contribution >= 0.6 is 35.1 Å². The summed E-state index contributed by atoms with van der Waals surface area (Å²) in [7, 11) is -4.24. The van der Waals surface area contributed by atoms with Crippen LogP contribution in [0.15, 0.2) is 70.6 Å². The Morgan fingerprint density at radius 3 is 2.74 bits per heavy atom. The molecule has 0 unspecified atom stereocenters. The van der Waals surface area contributed by atoms with E-state index >= 15 is 0 Å². The fraction of sp³-hybridized carbons (Fsp3) is 0.261. The molecule has 0 saturated carbocycles. The Kier molecular flexibility index (Phi) is 9.25. The molecule has 0 N–H and O–H groups in total. The van der Waals surface area contributed by atoms with Gasteiger partial charge in [-0.1, -0.05) is 53.4 Å². The van der Waals surface area contributed by atoms with Crippen molar-refractivity contribution in [3.05, 3.63) is 70.7 Å². The van der Waals surface area contributed by atoms with Crippen molar-refractivity contribution in [2.45, 2.75) is 24.3 Å². The molecule has 2 heterocycles. The van der Waals surface area contributed by atoms with Crippen LogP contribution in [0, 0.1) is 0 Å². The molecule has 0 spiro atoms. The summed E-state index contributed by atoms with van der Waals surface area (Å²) >= 11 is 4.30. The second-order valence-corrected chi connectivity index (χ2v) is 12.0. The van der Waals surface area contributed by atoms with Gasteiger partial charge in [-0.2, -0.15) is 8.90 Å². The number of nitrogens with zero attached hydrogens (tertiary/aromatic N) is 2. The lowest BCUT2D eigenvalue weighted by Gasteiger charge is -2.20. The molecule has 35 heavy (non-hydrogen) atoms. The van der Waals surface area contributed by atoms with E-state index in [4.69, 9.17) is 0 Å². The summed E-state index contributed by atoms with van der Waals surface area (Å²) in [6, 6.07) is 16.1. The van der Waals surface area contributed by atoms with Gasteiger partial charge in [0.15, 0.2) is 6.54 Å². The van der Waals surface area contributed by atoms with Crippen molar-refractivity contribution < 1.29 is 32.2 Å². The minimum absolute atomic E-state index is 0.261. The van der Waals surface area contributed by atoms with E-state index in [1.165, 1.54) is 4.70 Å². The normalized spacial score (nSPS) is 15.0. The van der Waals surface area contributed by atoms with Crippen LogP contribution in [0.2, 0.25) is 0 Å². The average Bonchev–Trinajstić information content (AvgIpc) is 3.36. The SMILES string of the molecule is O=S(=O)([O-])CCCN1/C(=C\C=C\c2sc3ccccc3[n+]2CCCSOO[O-])Sc2ccccc21. The molecular formula is C23H23N2O6S4-. The number of rotatable bonds is 12. The van der Waals surface area contributed by atoms with Gasteiger partial charge in [-0.25, -0.2) is 8.42 Å². The molecule has 0 bridgehead atoms. The van der Waals surface area contributed by atoms with Crippen molar-refractivity contribution >= 4 is 67.2 Å². The van der Waals surface area contributed by atoms with Gasteiger partial charge in [0.25, 0.3) is 5.01 Å². The lowest BCUT2D eigenvalue weighted by Crippen LogP contribution is -2.35. The zero-order valence-corrected chi connectivity index (χ0v) is 21.8. The summed E-state index contributed by atoms with van der Waals surface area (Å²) in [6.07, 6.45) is 7.13. The van der Waals surface area contributed by atoms with Crippen LogP contribution in [0.3, 0.4) is 0 Å². The van der Waals surface area contributed by atoms with E-state index in [0.717, 1.165) is 51.1 Å². The number of para-hydroxylation sites is 2. The number of hydrogen-bond acceptors (Lipinski definition) is 10. The Hall–Kier alpha value is -1.90. The van der Waals surface area contributed by atoms with Gasteiger partial charge >= 0.3 is 0 Å². The lowest BCUT2D eigenvalue weighted by molar-refractivity contribution is -0.777. The van der Waals surface area contributed by atoms with Gasteiger partial charge in [0.1, 0.15) is 4.70 Å². The number of thioether (sulfide) groups is 1. The van der Waals surface area contributed by atoms with E-state index in [-0.39, 0.29) is 12.2 Å². The molecule has 0 radical (unpaired) electrons. The summed E-state index contributed by atoms with van der Waals surface area (Å²) in [6.45, 7) is 1.20. The minimum atomic E-state index is -4.24. The molecule has 8 nitrogen and oxygen atoms in total.